The van der Waals surface area contributed by atoms with E-state index >= 15 is 0 Å². The first-order valence-electron chi connectivity index (χ1n) is 5.25. The maximum absolute atomic E-state index is 10.0. The fourth-order valence-corrected chi connectivity index (χ4v) is 2.05. The maximum atomic E-state index is 10.0. The second kappa shape index (κ2) is 5.55. The topological polar surface area (TPSA) is 42.4 Å². The largest absolute Gasteiger partial charge is 0.495 e. The van der Waals surface area contributed by atoms with Crippen LogP contribution < -0.4 is 4.74 Å². The van der Waals surface area contributed by atoms with Crippen molar-refractivity contribution in [3.8, 4) is 5.75 Å². The van der Waals surface area contributed by atoms with Crippen LogP contribution in [0.2, 0.25) is 0 Å². The molecule has 0 fully saturated rings. The van der Waals surface area contributed by atoms with Crippen molar-refractivity contribution in [2.45, 2.75) is 31.6 Å². The minimum Gasteiger partial charge on any atom is -0.495 e. The molecule has 1 aromatic heterocycles. The van der Waals surface area contributed by atoms with Crippen LogP contribution in [0.1, 0.15) is 32.6 Å². The van der Waals surface area contributed by atoms with Crippen LogP contribution in [0.25, 0.3) is 0 Å². The number of aliphatic hydroxyl groups excluding tert-OH is 1. The van der Waals surface area contributed by atoms with E-state index in [2.05, 4.69) is 25.8 Å². The number of hydrogen-bond donors (Lipinski definition) is 1. The second-order valence-electron chi connectivity index (χ2n) is 4.53. The zero-order chi connectivity index (χ0) is 12.2. The zero-order valence-electron chi connectivity index (χ0n) is 10.2. The summed E-state index contributed by atoms with van der Waals surface area (Å²) in [6.07, 6.45) is 1.09. The molecule has 1 aromatic rings. The Bertz CT molecular complexity index is 336. The second-order valence-corrected chi connectivity index (χ2v) is 6.38. The zero-order valence-corrected chi connectivity index (χ0v) is 11.0. The third-order valence-corrected chi connectivity index (χ3v) is 3.36. The summed E-state index contributed by atoms with van der Waals surface area (Å²) >= 11 is 1.71. The van der Waals surface area contributed by atoms with Gasteiger partial charge in [-0.15, -0.1) is 0 Å². The third kappa shape index (κ3) is 4.02. The first-order valence-corrected chi connectivity index (χ1v) is 6.23. The molecule has 0 aliphatic carbocycles. The summed E-state index contributed by atoms with van der Waals surface area (Å²) in [4.78, 5) is 4.16. The average Bonchev–Trinajstić information content (AvgIpc) is 2.25. The molecule has 0 aliphatic heterocycles. The first kappa shape index (κ1) is 13.3. The van der Waals surface area contributed by atoms with E-state index in [1.54, 1.807) is 31.1 Å². The van der Waals surface area contributed by atoms with Crippen LogP contribution in [0, 0.1) is 0 Å². The van der Waals surface area contributed by atoms with Gasteiger partial charge in [0.05, 0.1) is 7.11 Å². The molecule has 0 radical (unpaired) electrons. The van der Waals surface area contributed by atoms with Gasteiger partial charge >= 0.3 is 0 Å². The SMILES string of the molecule is COc1cccnc1C(O)CSC(C)(C)C. The summed E-state index contributed by atoms with van der Waals surface area (Å²) in [5.41, 5.74) is 0.613. The van der Waals surface area contributed by atoms with Crippen molar-refractivity contribution in [3.63, 3.8) is 0 Å². The molecule has 0 saturated heterocycles. The number of methoxy groups -OCH3 is 1. The molecule has 1 N–H and O–H groups in total. The van der Waals surface area contributed by atoms with Crippen LogP contribution in [0.4, 0.5) is 0 Å². The monoisotopic (exact) mass is 241 g/mol. The Morgan fingerprint density at radius 3 is 2.75 bits per heavy atom. The lowest BCUT2D eigenvalue weighted by Crippen LogP contribution is -2.13. The van der Waals surface area contributed by atoms with Gasteiger partial charge in [0, 0.05) is 16.7 Å². The molecule has 0 bridgehead atoms. The van der Waals surface area contributed by atoms with Gasteiger partial charge in [0.1, 0.15) is 17.5 Å². The van der Waals surface area contributed by atoms with Gasteiger partial charge in [-0.2, -0.15) is 11.8 Å². The van der Waals surface area contributed by atoms with Crippen molar-refractivity contribution in [2.24, 2.45) is 0 Å². The number of pyridine rings is 1. The number of ether oxygens (including phenoxy) is 1. The molecular weight excluding hydrogens is 222 g/mol. The predicted octanol–water partition coefficient (Wildman–Crippen LogP) is 2.66. The van der Waals surface area contributed by atoms with E-state index in [-0.39, 0.29) is 4.75 Å². The van der Waals surface area contributed by atoms with Crippen molar-refractivity contribution in [3.05, 3.63) is 24.0 Å². The number of thioether (sulfide) groups is 1. The highest BCUT2D eigenvalue weighted by molar-refractivity contribution is 8.00. The average molecular weight is 241 g/mol. The highest BCUT2D eigenvalue weighted by Crippen LogP contribution is 2.30. The van der Waals surface area contributed by atoms with E-state index in [9.17, 15) is 5.11 Å². The maximum Gasteiger partial charge on any atom is 0.143 e. The lowest BCUT2D eigenvalue weighted by atomic mass is 10.2. The summed E-state index contributed by atoms with van der Waals surface area (Å²) in [7, 11) is 1.59. The van der Waals surface area contributed by atoms with Crippen LogP contribution in [-0.2, 0) is 0 Å². The molecule has 16 heavy (non-hydrogen) atoms. The summed E-state index contributed by atoms with van der Waals surface area (Å²) < 4.78 is 5.31. The minimum absolute atomic E-state index is 0.142. The summed E-state index contributed by atoms with van der Waals surface area (Å²) in [6.45, 7) is 6.38. The first-order chi connectivity index (χ1) is 7.44. The Hall–Kier alpha value is -0.740. The smallest absolute Gasteiger partial charge is 0.143 e. The Balaban J connectivity index is 2.69. The predicted molar refractivity (Wildman–Crippen MR) is 68.0 cm³/mol. The van der Waals surface area contributed by atoms with Crippen LogP contribution in [0.5, 0.6) is 5.75 Å². The molecule has 0 saturated carbocycles. The third-order valence-electron chi connectivity index (χ3n) is 2.01. The molecule has 0 spiro atoms. The van der Waals surface area contributed by atoms with Gasteiger partial charge in [0.15, 0.2) is 0 Å². The lowest BCUT2D eigenvalue weighted by molar-refractivity contribution is 0.193. The van der Waals surface area contributed by atoms with E-state index < -0.39 is 6.10 Å². The van der Waals surface area contributed by atoms with E-state index in [0.717, 1.165) is 0 Å². The molecule has 0 amide bonds. The van der Waals surface area contributed by atoms with Crippen molar-refractivity contribution >= 4 is 11.8 Å². The molecule has 3 nitrogen and oxygen atoms in total. The number of rotatable bonds is 4. The standard InChI is InChI=1S/C12H19NO2S/c1-12(2,3)16-8-9(14)11-10(15-4)6-5-7-13-11/h5-7,9,14H,8H2,1-4H3. The molecule has 1 rings (SSSR count). The fourth-order valence-electron chi connectivity index (χ4n) is 1.23. The molecule has 90 valence electrons. The van der Waals surface area contributed by atoms with Gasteiger partial charge in [-0.05, 0) is 12.1 Å². The lowest BCUT2D eigenvalue weighted by Gasteiger charge is -2.20. The van der Waals surface area contributed by atoms with Crippen molar-refractivity contribution < 1.29 is 9.84 Å². The number of nitrogens with zero attached hydrogens (tertiary/aromatic N) is 1. The highest BCUT2D eigenvalue weighted by Gasteiger charge is 2.18. The van der Waals surface area contributed by atoms with E-state index in [0.29, 0.717) is 17.2 Å². The Morgan fingerprint density at radius 1 is 1.50 bits per heavy atom. The van der Waals surface area contributed by atoms with E-state index in [1.165, 1.54) is 0 Å². The molecule has 0 aromatic carbocycles. The van der Waals surface area contributed by atoms with Crippen LogP contribution in [0.15, 0.2) is 18.3 Å². The van der Waals surface area contributed by atoms with Gasteiger partial charge in [-0.1, -0.05) is 20.8 Å². The quantitative estimate of drug-likeness (QED) is 0.880. The molecule has 1 unspecified atom stereocenters. The Morgan fingerprint density at radius 2 is 2.19 bits per heavy atom. The van der Waals surface area contributed by atoms with Crippen molar-refractivity contribution in [1.82, 2.24) is 4.98 Å². The number of hydrogen-bond acceptors (Lipinski definition) is 4. The van der Waals surface area contributed by atoms with Gasteiger partial charge in [-0.25, -0.2) is 0 Å². The summed E-state index contributed by atoms with van der Waals surface area (Å²) in [6, 6.07) is 3.61. The van der Waals surface area contributed by atoms with Crippen LogP contribution in [0.3, 0.4) is 0 Å². The molecule has 1 atom stereocenters. The van der Waals surface area contributed by atoms with Crippen LogP contribution in [-0.4, -0.2) is 27.7 Å². The van der Waals surface area contributed by atoms with Gasteiger partial charge in [-0.3, -0.25) is 4.98 Å². The molecule has 0 aliphatic rings. The van der Waals surface area contributed by atoms with Crippen molar-refractivity contribution in [2.75, 3.05) is 12.9 Å². The normalized spacial score (nSPS) is 13.6. The Kier molecular flexibility index (Phi) is 4.62. The fraction of sp³-hybridized carbons (Fsp3) is 0.583. The van der Waals surface area contributed by atoms with E-state index in [4.69, 9.17) is 4.74 Å². The number of aliphatic hydroxyl groups is 1. The summed E-state index contributed by atoms with van der Waals surface area (Å²) in [5, 5.41) is 10.0. The van der Waals surface area contributed by atoms with Crippen LogP contribution >= 0.6 is 11.8 Å². The molecule has 4 heteroatoms. The van der Waals surface area contributed by atoms with Crippen molar-refractivity contribution in [1.29, 1.82) is 0 Å². The summed E-state index contributed by atoms with van der Waals surface area (Å²) in [5.74, 6) is 1.26. The highest BCUT2D eigenvalue weighted by atomic mass is 32.2. The number of aromatic nitrogens is 1. The Labute approximate surface area is 101 Å². The van der Waals surface area contributed by atoms with Gasteiger partial charge in [0.25, 0.3) is 0 Å². The van der Waals surface area contributed by atoms with E-state index in [1.807, 2.05) is 6.07 Å². The van der Waals surface area contributed by atoms with Gasteiger partial charge in [0.2, 0.25) is 0 Å². The minimum atomic E-state index is -0.583. The molecular formula is C12H19NO2S. The molecule has 1 heterocycles. The van der Waals surface area contributed by atoms with Gasteiger partial charge < -0.3 is 9.84 Å².